The summed E-state index contributed by atoms with van der Waals surface area (Å²) in [6.45, 7) is 3.83. The first kappa shape index (κ1) is 9.60. The van der Waals surface area contributed by atoms with E-state index < -0.39 is 0 Å². The van der Waals surface area contributed by atoms with Gasteiger partial charge in [-0.25, -0.2) is 0 Å². The molecule has 1 aromatic rings. The van der Waals surface area contributed by atoms with Crippen molar-refractivity contribution < 1.29 is 0 Å². The van der Waals surface area contributed by atoms with Gasteiger partial charge in [0.1, 0.15) is 0 Å². The van der Waals surface area contributed by atoms with Crippen molar-refractivity contribution in [3.63, 3.8) is 0 Å². The molecule has 2 nitrogen and oxygen atoms in total. The summed E-state index contributed by atoms with van der Waals surface area (Å²) >= 11 is 0. The zero-order valence-corrected chi connectivity index (χ0v) is 8.04. The molecule has 0 aliphatic heterocycles. The maximum Gasteiger partial charge on any atom is 0.0687 e. The van der Waals surface area contributed by atoms with Gasteiger partial charge in [0.25, 0.3) is 0 Å². The Bertz CT molecular complexity index is 334. The number of para-hydroxylation sites is 1. The molecule has 68 valence electrons. The molecule has 0 aliphatic rings. The molecule has 0 bridgehead atoms. The van der Waals surface area contributed by atoms with Gasteiger partial charge in [0.15, 0.2) is 0 Å². The van der Waals surface area contributed by atoms with Crippen molar-refractivity contribution in [1.29, 1.82) is 5.26 Å². The van der Waals surface area contributed by atoms with Crippen molar-refractivity contribution in [2.24, 2.45) is 5.41 Å². The number of benzene rings is 1. The summed E-state index contributed by atoms with van der Waals surface area (Å²) in [7, 11) is 0. The van der Waals surface area contributed by atoms with Gasteiger partial charge in [0.05, 0.1) is 11.5 Å². The summed E-state index contributed by atoms with van der Waals surface area (Å²) < 4.78 is 0. The first-order valence-corrected chi connectivity index (χ1v) is 4.30. The zero-order chi connectivity index (χ0) is 9.90. The molecule has 0 saturated carbocycles. The highest BCUT2D eigenvalue weighted by atomic mass is 14.6. The number of nitrogens with zero attached hydrogens (tertiary/aromatic N) is 1. The largest absolute Gasteiger partial charge is 0.399 e. The first-order chi connectivity index (χ1) is 6.05. The molecule has 0 unspecified atom stereocenters. The van der Waals surface area contributed by atoms with E-state index >= 15 is 0 Å². The summed E-state index contributed by atoms with van der Waals surface area (Å²) in [5.41, 5.74) is 7.25. The summed E-state index contributed by atoms with van der Waals surface area (Å²) in [6.07, 6.45) is 0.705. The minimum atomic E-state index is -0.338. The predicted molar refractivity (Wildman–Crippen MR) is 54.0 cm³/mol. The van der Waals surface area contributed by atoms with Gasteiger partial charge < -0.3 is 5.73 Å². The molecule has 1 aromatic carbocycles. The molecule has 0 radical (unpaired) electrons. The van der Waals surface area contributed by atoms with Crippen LogP contribution in [0.25, 0.3) is 0 Å². The second-order valence-electron chi connectivity index (χ2n) is 3.87. The Morgan fingerprint density at radius 3 is 2.54 bits per heavy atom. The van der Waals surface area contributed by atoms with Crippen molar-refractivity contribution in [3.8, 4) is 6.07 Å². The number of nitrogens with two attached hydrogens (primary N) is 1. The van der Waals surface area contributed by atoms with Crippen molar-refractivity contribution in [1.82, 2.24) is 0 Å². The van der Waals surface area contributed by atoms with Crippen LogP contribution >= 0.6 is 0 Å². The molecule has 1 rings (SSSR count). The van der Waals surface area contributed by atoms with Crippen molar-refractivity contribution in [3.05, 3.63) is 29.8 Å². The van der Waals surface area contributed by atoms with Gasteiger partial charge in [-0.15, -0.1) is 0 Å². The highest BCUT2D eigenvalue weighted by molar-refractivity contribution is 5.47. The number of rotatable bonds is 2. The van der Waals surface area contributed by atoms with Gasteiger partial charge in [0.2, 0.25) is 0 Å². The second kappa shape index (κ2) is 3.49. The van der Waals surface area contributed by atoms with Gasteiger partial charge >= 0.3 is 0 Å². The SMILES string of the molecule is CC(C)(C#N)Cc1ccccc1N. The number of nitrogen functional groups attached to an aromatic ring is 1. The minimum absolute atomic E-state index is 0.338. The Balaban J connectivity index is 2.88. The minimum Gasteiger partial charge on any atom is -0.399 e. The molecule has 0 aliphatic carbocycles. The average molecular weight is 174 g/mol. The number of hydrogen-bond donors (Lipinski definition) is 1. The van der Waals surface area contributed by atoms with Gasteiger partial charge in [-0.1, -0.05) is 18.2 Å². The second-order valence-corrected chi connectivity index (χ2v) is 3.87. The van der Waals surface area contributed by atoms with Gasteiger partial charge in [-0.05, 0) is 31.9 Å². The normalized spacial score (nSPS) is 10.8. The lowest BCUT2D eigenvalue weighted by atomic mass is 9.87. The van der Waals surface area contributed by atoms with Crippen LogP contribution in [0.2, 0.25) is 0 Å². The maximum atomic E-state index is 8.86. The van der Waals surface area contributed by atoms with Crippen molar-refractivity contribution in [2.75, 3.05) is 5.73 Å². The number of hydrogen-bond acceptors (Lipinski definition) is 2. The van der Waals surface area contributed by atoms with Crippen LogP contribution in [0.1, 0.15) is 19.4 Å². The lowest BCUT2D eigenvalue weighted by molar-refractivity contribution is 0.494. The van der Waals surface area contributed by atoms with Crippen molar-refractivity contribution in [2.45, 2.75) is 20.3 Å². The van der Waals surface area contributed by atoms with Crippen LogP contribution in [0.3, 0.4) is 0 Å². The standard InChI is InChI=1S/C11H14N2/c1-11(2,8-12)7-9-5-3-4-6-10(9)13/h3-6H,7,13H2,1-2H3. The van der Waals surface area contributed by atoms with Crippen LogP contribution in [0.15, 0.2) is 24.3 Å². The predicted octanol–water partition coefficient (Wildman–Crippen LogP) is 2.36. The molecule has 13 heavy (non-hydrogen) atoms. The number of nitriles is 1. The van der Waals surface area contributed by atoms with Crippen LogP contribution in [0.4, 0.5) is 5.69 Å². The van der Waals surface area contributed by atoms with E-state index in [-0.39, 0.29) is 5.41 Å². The lowest BCUT2D eigenvalue weighted by Crippen LogP contribution is -2.12. The first-order valence-electron chi connectivity index (χ1n) is 4.30. The Labute approximate surface area is 79.0 Å². The molecule has 0 saturated heterocycles. The van der Waals surface area contributed by atoms with E-state index in [0.29, 0.717) is 6.42 Å². The summed E-state index contributed by atoms with van der Waals surface area (Å²) in [4.78, 5) is 0. The molecule has 2 heteroatoms. The highest BCUT2D eigenvalue weighted by Gasteiger charge is 2.18. The third kappa shape index (κ3) is 2.48. The summed E-state index contributed by atoms with van der Waals surface area (Å²) in [6, 6.07) is 9.94. The Hall–Kier alpha value is -1.49. The molecule has 0 heterocycles. The Morgan fingerprint density at radius 1 is 1.38 bits per heavy atom. The van der Waals surface area contributed by atoms with Crippen LogP contribution in [0, 0.1) is 16.7 Å². The topological polar surface area (TPSA) is 49.8 Å². The molecular weight excluding hydrogens is 160 g/mol. The van der Waals surface area contributed by atoms with Crippen LogP contribution in [-0.4, -0.2) is 0 Å². The van der Waals surface area contributed by atoms with Crippen LogP contribution in [0.5, 0.6) is 0 Å². The van der Waals surface area contributed by atoms with Crippen molar-refractivity contribution >= 4 is 5.69 Å². The summed E-state index contributed by atoms with van der Waals surface area (Å²) in [5, 5.41) is 8.86. The monoisotopic (exact) mass is 174 g/mol. The smallest absolute Gasteiger partial charge is 0.0687 e. The van der Waals surface area contributed by atoms with Gasteiger partial charge in [-0.2, -0.15) is 5.26 Å². The van der Waals surface area contributed by atoms with E-state index in [9.17, 15) is 0 Å². The quantitative estimate of drug-likeness (QED) is 0.700. The molecule has 2 N–H and O–H groups in total. The molecule has 0 amide bonds. The van der Waals surface area contributed by atoms with E-state index in [4.69, 9.17) is 11.0 Å². The van der Waals surface area contributed by atoms with E-state index in [1.54, 1.807) is 0 Å². The maximum absolute atomic E-state index is 8.86. The Morgan fingerprint density at radius 2 is 2.00 bits per heavy atom. The zero-order valence-electron chi connectivity index (χ0n) is 8.04. The average Bonchev–Trinajstić information content (AvgIpc) is 2.09. The third-order valence-electron chi connectivity index (χ3n) is 1.99. The Kier molecular flexibility index (Phi) is 2.57. The van der Waals surface area contributed by atoms with Gasteiger partial charge in [-0.3, -0.25) is 0 Å². The third-order valence-corrected chi connectivity index (χ3v) is 1.99. The van der Waals surface area contributed by atoms with E-state index in [1.807, 2.05) is 38.1 Å². The van der Waals surface area contributed by atoms with E-state index in [0.717, 1.165) is 11.3 Å². The highest BCUT2D eigenvalue weighted by Crippen LogP contribution is 2.23. The van der Waals surface area contributed by atoms with Crippen LogP contribution < -0.4 is 5.73 Å². The fraction of sp³-hybridized carbons (Fsp3) is 0.364. The van der Waals surface area contributed by atoms with Crippen LogP contribution in [-0.2, 0) is 6.42 Å². The number of anilines is 1. The van der Waals surface area contributed by atoms with Gasteiger partial charge in [0, 0.05) is 5.69 Å². The molecule has 0 spiro atoms. The molecular formula is C11H14N2. The fourth-order valence-corrected chi connectivity index (χ4v) is 1.21. The summed E-state index contributed by atoms with van der Waals surface area (Å²) in [5.74, 6) is 0. The van der Waals surface area contributed by atoms with E-state index in [2.05, 4.69) is 6.07 Å². The molecule has 0 aromatic heterocycles. The lowest BCUT2D eigenvalue weighted by Gasteiger charge is -2.15. The van der Waals surface area contributed by atoms with E-state index in [1.165, 1.54) is 0 Å². The fourth-order valence-electron chi connectivity index (χ4n) is 1.21. The molecule has 0 atom stereocenters. The molecule has 0 fully saturated rings.